The first-order chi connectivity index (χ1) is 9.31. The molecule has 20 heavy (non-hydrogen) atoms. The van der Waals surface area contributed by atoms with E-state index in [2.05, 4.69) is 5.32 Å². The lowest BCUT2D eigenvalue weighted by Gasteiger charge is -2.32. The molecule has 1 rings (SSSR count). The number of carbonyl (C=O) groups is 2. The van der Waals surface area contributed by atoms with Gasteiger partial charge in [0.05, 0.1) is 13.0 Å². The highest BCUT2D eigenvalue weighted by Gasteiger charge is 2.30. The molecule has 0 bridgehead atoms. The van der Waals surface area contributed by atoms with Gasteiger partial charge in [0, 0.05) is 6.04 Å². The van der Waals surface area contributed by atoms with E-state index >= 15 is 0 Å². The molecule has 1 amide bonds. The molecule has 5 nitrogen and oxygen atoms in total. The molecule has 0 aliphatic heterocycles. The number of esters is 1. The first-order valence-corrected chi connectivity index (χ1v) is 7.47. The fraction of sp³-hybridized carbons (Fsp3) is 0.867. The van der Waals surface area contributed by atoms with Gasteiger partial charge in [0.15, 0.2) is 0 Å². The van der Waals surface area contributed by atoms with Crippen molar-refractivity contribution >= 4 is 12.1 Å². The molecular formula is C15H27NO4. The number of rotatable bonds is 4. The maximum atomic E-state index is 11.8. The summed E-state index contributed by atoms with van der Waals surface area (Å²) in [4.78, 5) is 23.4. The summed E-state index contributed by atoms with van der Waals surface area (Å²) in [5, 5.41) is 2.90. The Morgan fingerprint density at radius 3 is 2.45 bits per heavy atom. The van der Waals surface area contributed by atoms with Gasteiger partial charge in [-0.15, -0.1) is 0 Å². The molecule has 0 radical (unpaired) electrons. The summed E-state index contributed by atoms with van der Waals surface area (Å²) in [5.74, 6) is -0.0364. The average Bonchev–Trinajstić information content (AvgIpc) is 2.29. The molecule has 0 aromatic carbocycles. The van der Waals surface area contributed by atoms with Crippen LogP contribution in [0, 0.1) is 5.92 Å². The maximum absolute atomic E-state index is 11.8. The lowest BCUT2D eigenvalue weighted by molar-refractivity contribution is -0.144. The van der Waals surface area contributed by atoms with Crippen LogP contribution in [0.2, 0.25) is 0 Å². The molecular weight excluding hydrogens is 258 g/mol. The van der Waals surface area contributed by atoms with Crippen molar-refractivity contribution in [3.63, 3.8) is 0 Å². The van der Waals surface area contributed by atoms with E-state index in [4.69, 9.17) is 9.47 Å². The van der Waals surface area contributed by atoms with E-state index in [0.29, 0.717) is 13.0 Å². The predicted molar refractivity (Wildman–Crippen MR) is 76.4 cm³/mol. The summed E-state index contributed by atoms with van der Waals surface area (Å²) in [6.45, 7) is 7.71. The van der Waals surface area contributed by atoms with Gasteiger partial charge in [-0.05, 0) is 46.5 Å². The molecule has 2 atom stereocenters. The van der Waals surface area contributed by atoms with Crippen LogP contribution < -0.4 is 5.32 Å². The first-order valence-electron chi connectivity index (χ1n) is 7.47. The third kappa shape index (κ3) is 6.26. The van der Waals surface area contributed by atoms with Crippen molar-refractivity contribution in [1.29, 1.82) is 0 Å². The van der Waals surface area contributed by atoms with Crippen LogP contribution in [-0.4, -0.2) is 30.3 Å². The lowest BCUT2D eigenvalue weighted by Crippen LogP contribution is -2.45. The highest BCUT2D eigenvalue weighted by molar-refractivity contribution is 5.70. The summed E-state index contributed by atoms with van der Waals surface area (Å²) in [6.07, 6.45) is 3.96. The van der Waals surface area contributed by atoms with Crippen LogP contribution in [-0.2, 0) is 14.3 Å². The summed E-state index contributed by atoms with van der Waals surface area (Å²) < 4.78 is 10.3. The van der Waals surface area contributed by atoms with E-state index in [0.717, 1.165) is 25.7 Å². The lowest BCUT2D eigenvalue weighted by atomic mass is 9.82. The van der Waals surface area contributed by atoms with Gasteiger partial charge in [-0.25, -0.2) is 4.79 Å². The fourth-order valence-electron chi connectivity index (χ4n) is 2.53. The second-order valence-electron chi connectivity index (χ2n) is 6.31. The zero-order valence-corrected chi connectivity index (χ0v) is 13.0. The predicted octanol–water partition coefficient (Wildman–Crippen LogP) is 3.02. The first kappa shape index (κ1) is 16.8. The van der Waals surface area contributed by atoms with Crippen molar-refractivity contribution in [1.82, 2.24) is 5.32 Å². The number of hydrogen-bond acceptors (Lipinski definition) is 4. The largest absolute Gasteiger partial charge is 0.466 e. The van der Waals surface area contributed by atoms with Crippen molar-refractivity contribution in [2.75, 3.05) is 6.61 Å². The number of hydrogen-bond donors (Lipinski definition) is 1. The van der Waals surface area contributed by atoms with Crippen molar-refractivity contribution in [2.45, 2.75) is 71.4 Å². The van der Waals surface area contributed by atoms with Crippen LogP contribution in [0.5, 0.6) is 0 Å². The Balaban J connectivity index is 2.51. The quantitative estimate of drug-likeness (QED) is 0.806. The monoisotopic (exact) mass is 285 g/mol. The summed E-state index contributed by atoms with van der Waals surface area (Å²) in [5.41, 5.74) is -0.505. The minimum atomic E-state index is -0.505. The smallest absolute Gasteiger partial charge is 0.407 e. The minimum Gasteiger partial charge on any atom is -0.466 e. The second kappa shape index (κ2) is 7.50. The topological polar surface area (TPSA) is 64.6 Å². The molecule has 1 fully saturated rings. The molecule has 0 spiro atoms. The normalized spacial score (nSPS) is 23.0. The fourth-order valence-corrected chi connectivity index (χ4v) is 2.53. The third-order valence-corrected chi connectivity index (χ3v) is 3.35. The number of ether oxygens (including phenoxy) is 2. The van der Waals surface area contributed by atoms with Crippen molar-refractivity contribution in [3.05, 3.63) is 0 Å². The highest BCUT2D eigenvalue weighted by Crippen LogP contribution is 2.27. The van der Waals surface area contributed by atoms with Gasteiger partial charge in [-0.1, -0.05) is 12.8 Å². The van der Waals surface area contributed by atoms with E-state index in [1.54, 1.807) is 6.92 Å². The van der Waals surface area contributed by atoms with Gasteiger partial charge in [0.25, 0.3) is 0 Å². The van der Waals surface area contributed by atoms with E-state index < -0.39 is 11.7 Å². The number of nitrogens with one attached hydrogen (secondary N) is 1. The average molecular weight is 285 g/mol. The third-order valence-electron chi connectivity index (χ3n) is 3.35. The number of amides is 1. The zero-order chi connectivity index (χ0) is 15.2. The Hall–Kier alpha value is -1.26. The Morgan fingerprint density at radius 2 is 1.85 bits per heavy atom. The summed E-state index contributed by atoms with van der Waals surface area (Å²) in [6, 6.07) is 0.00278. The molecule has 1 aliphatic rings. The Bertz CT molecular complexity index is 335. The van der Waals surface area contributed by atoms with Crippen molar-refractivity contribution in [3.8, 4) is 0 Å². The molecule has 116 valence electrons. The molecule has 0 saturated heterocycles. The van der Waals surface area contributed by atoms with E-state index in [1.807, 2.05) is 20.8 Å². The molecule has 0 aromatic rings. The Kier molecular flexibility index (Phi) is 6.30. The van der Waals surface area contributed by atoms with Crippen molar-refractivity contribution < 1.29 is 19.1 Å². The highest BCUT2D eigenvalue weighted by atomic mass is 16.6. The number of alkyl carbamates (subject to hydrolysis) is 1. The molecule has 5 heteroatoms. The number of carbonyl (C=O) groups excluding carboxylic acids is 2. The van der Waals surface area contributed by atoms with Crippen LogP contribution in [0.4, 0.5) is 4.79 Å². The molecule has 0 heterocycles. The van der Waals surface area contributed by atoms with E-state index in [-0.39, 0.29) is 17.9 Å². The molecule has 1 saturated carbocycles. The second-order valence-corrected chi connectivity index (χ2v) is 6.31. The van der Waals surface area contributed by atoms with Gasteiger partial charge < -0.3 is 14.8 Å². The van der Waals surface area contributed by atoms with E-state index in [1.165, 1.54) is 0 Å². The Morgan fingerprint density at radius 1 is 1.20 bits per heavy atom. The summed E-state index contributed by atoms with van der Waals surface area (Å²) in [7, 11) is 0. The van der Waals surface area contributed by atoms with Gasteiger partial charge in [-0.3, -0.25) is 4.79 Å². The van der Waals surface area contributed by atoms with Gasteiger partial charge in [-0.2, -0.15) is 0 Å². The van der Waals surface area contributed by atoms with Gasteiger partial charge in [0.2, 0.25) is 0 Å². The van der Waals surface area contributed by atoms with Crippen LogP contribution in [0.15, 0.2) is 0 Å². The van der Waals surface area contributed by atoms with Crippen LogP contribution >= 0.6 is 0 Å². The van der Waals surface area contributed by atoms with Gasteiger partial charge in [0.1, 0.15) is 5.60 Å². The SMILES string of the molecule is CCOC(=O)CC1CCCCC1NC(=O)OC(C)(C)C. The van der Waals surface area contributed by atoms with Crippen molar-refractivity contribution in [2.24, 2.45) is 5.92 Å². The zero-order valence-electron chi connectivity index (χ0n) is 13.0. The van der Waals surface area contributed by atoms with Crippen LogP contribution in [0.3, 0.4) is 0 Å². The molecule has 1 N–H and O–H groups in total. The molecule has 2 unspecified atom stereocenters. The van der Waals surface area contributed by atoms with E-state index in [9.17, 15) is 9.59 Å². The Labute approximate surface area is 121 Å². The van der Waals surface area contributed by atoms with Crippen LogP contribution in [0.1, 0.15) is 59.8 Å². The van der Waals surface area contributed by atoms with Gasteiger partial charge >= 0.3 is 12.1 Å². The minimum absolute atomic E-state index is 0.00278. The molecule has 1 aliphatic carbocycles. The standard InChI is InChI=1S/C15H27NO4/c1-5-19-13(17)10-11-8-6-7-9-12(11)16-14(18)20-15(2,3)4/h11-12H,5-10H2,1-4H3,(H,16,18). The molecule has 0 aromatic heterocycles. The van der Waals surface area contributed by atoms with Crippen LogP contribution in [0.25, 0.3) is 0 Å². The maximum Gasteiger partial charge on any atom is 0.407 e. The summed E-state index contributed by atoms with van der Waals surface area (Å²) >= 11 is 0.